The molecule has 34 heavy (non-hydrogen) atoms. The Balaban J connectivity index is 1.47. The second-order valence-corrected chi connectivity index (χ2v) is 8.17. The zero-order chi connectivity index (χ0) is 24.1. The van der Waals surface area contributed by atoms with Gasteiger partial charge in [0.15, 0.2) is 5.11 Å². The Bertz CT molecular complexity index is 1380. The number of carbonyl (C=O) groups is 1. The Hall–Kier alpha value is -4.17. The molecule has 8 heteroatoms. The summed E-state index contributed by atoms with van der Waals surface area (Å²) in [5.74, 6) is -0.377. The third kappa shape index (κ3) is 5.07. The van der Waals surface area contributed by atoms with E-state index in [1.807, 2.05) is 66.7 Å². The van der Waals surface area contributed by atoms with Gasteiger partial charge in [-0.3, -0.25) is 14.3 Å². The molecule has 0 bridgehead atoms. The van der Waals surface area contributed by atoms with Crippen molar-refractivity contribution in [3.63, 3.8) is 0 Å². The fourth-order valence-electron chi connectivity index (χ4n) is 3.59. The van der Waals surface area contributed by atoms with E-state index in [2.05, 4.69) is 16.0 Å². The van der Waals surface area contributed by atoms with E-state index >= 15 is 0 Å². The lowest BCUT2D eigenvalue weighted by Crippen LogP contribution is -2.28. The number of nitrogens with zero attached hydrogens (tertiary/aromatic N) is 2. The summed E-state index contributed by atoms with van der Waals surface area (Å²) in [6.07, 6.45) is 0. The van der Waals surface area contributed by atoms with E-state index in [-0.39, 0.29) is 17.2 Å². The van der Waals surface area contributed by atoms with Crippen LogP contribution in [-0.4, -0.2) is 20.4 Å². The van der Waals surface area contributed by atoms with E-state index in [1.54, 1.807) is 36.9 Å². The molecule has 0 fully saturated rings. The molecule has 0 spiro atoms. The van der Waals surface area contributed by atoms with Gasteiger partial charge < -0.3 is 16.0 Å². The van der Waals surface area contributed by atoms with E-state index in [1.165, 1.54) is 4.68 Å². The molecule has 0 saturated carbocycles. The van der Waals surface area contributed by atoms with Crippen molar-refractivity contribution >= 4 is 34.6 Å². The highest BCUT2D eigenvalue weighted by atomic mass is 32.1. The quantitative estimate of drug-likeness (QED) is 0.367. The first-order valence-corrected chi connectivity index (χ1v) is 11.2. The van der Waals surface area contributed by atoms with Crippen LogP contribution in [0.1, 0.15) is 21.6 Å². The monoisotopic (exact) mass is 471 g/mol. The predicted octanol–water partition coefficient (Wildman–Crippen LogP) is 4.22. The topological polar surface area (TPSA) is 80.1 Å². The van der Waals surface area contributed by atoms with Gasteiger partial charge >= 0.3 is 0 Å². The molecule has 172 valence electrons. The molecule has 0 aliphatic rings. The molecule has 4 rings (SSSR count). The minimum absolute atomic E-state index is 0.245. The van der Waals surface area contributed by atoms with E-state index in [9.17, 15) is 9.59 Å². The van der Waals surface area contributed by atoms with Crippen LogP contribution in [0.5, 0.6) is 0 Å². The first-order chi connectivity index (χ1) is 16.4. The third-order valence-electron chi connectivity index (χ3n) is 5.47. The van der Waals surface area contributed by atoms with Crippen LogP contribution in [0.4, 0.5) is 11.4 Å². The predicted molar refractivity (Wildman–Crippen MR) is 140 cm³/mol. The van der Waals surface area contributed by atoms with Crippen LogP contribution < -0.4 is 21.5 Å². The van der Waals surface area contributed by atoms with E-state index in [0.29, 0.717) is 28.6 Å². The number of carbonyl (C=O) groups excluding carboxylic acids is 1. The highest BCUT2D eigenvalue weighted by Gasteiger charge is 2.19. The lowest BCUT2D eigenvalue weighted by molar-refractivity contribution is 0.102. The van der Waals surface area contributed by atoms with Crippen molar-refractivity contribution in [2.45, 2.75) is 13.5 Å². The standard InChI is InChI=1S/C26H25N5O2S/c1-18-23(25(33)31(30(18)2)22-14-7-4-8-15-22)29-24(32)20-12-9-13-21(16-20)28-26(34)27-17-19-10-5-3-6-11-19/h3-16H,17H2,1-2H3,(H,29,32)(H2,27,28,34). The average Bonchev–Trinajstić information content (AvgIpc) is 3.07. The minimum atomic E-state index is -0.377. The Kier molecular flexibility index (Phi) is 6.89. The first kappa shape index (κ1) is 23.0. The number of thiocarbonyl (C=S) groups is 1. The van der Waals surface area contributed by atoms with Crippen molar-refractivity contribution in [1.82, 2.24) is 14.7 Å². The number of aromatic nitrogens is 2. The second kappa shape index (κ2) is 10.2. The zero-order valence-electron chi connectivity index (χ0n) is 18.9. The van der Waals surface area contributed by atoms with Gasteiger partial charge in [-0.1, -0.05) is 54.6 Å². The van der Waals surface area contributed by atoms with Crippen LogP contribution in [-0.2, 0) is 13.6 Å². The summed E-state index contributed by atoms with van der Waals surface area (Å²) >= 11 is 5.38. The van der Waals surface area contributed by atoms with Gasteiger partial charge in [0.1, 0.15) is 5.69 Å². The van der Waals surface area contributed by atoms with Crippen LogP contribution in [0.25, 0.3) is 5.69 Å². The highest BCUT2D eigenvalue weighted by molar-refractivity contribution is 7.80. The Morgan fingerprint density at radius 1 is 0.912 bits per heavy atom. The number of anilines is 2. The molecule has 0 aliphatic carbocycles. The van der Waals surface area contributed by atoms with E-state index < -0.39 is 0 Å². The number of rotatable bonds is 6. The van der Waals surface area contributed by atoms with Crippen molar-refractivity contribution in [3.8, 4) is 5.69 Å². The molecular weight excluding hydrogens is 446 g/mol. The number of para-hydroxylation sites is 1. The summed E-state index contributed by atoms with van der Waals surface area (Å²) < 4.78 is 3.25. The average molecular weight is 472 g/mol. The summed E-state index contributed by atoms with van der Waals surface area (Å²) in [4.78, 5) is 26.0. The SMILES string of the molecule is Cc1c(NC(=O)c2cccc(NC(=S)NCc3ccccc3)c2)c(=O)n(-c2ccccc2)n1C. The van der Waals surface area contributed by atoms with Gasteiger partial charge in [0, 0.05) is 24.8 Å². The lowest BCUT2D eigenvalue weighted by Gasteiger charge is -2.11. The highest BCUT2D eigenvalue weighted by Crippen LogP contribution is 2.17. The molecule has 0 atom stereocenters. The van der Waals surface area contributed by atoms with Crippen LogP contribution in [0.15, 0.2) is 89.7 Å². The van der Waals surface area contributed by atoms with Crippen molar-refractivity contribution < 1.29 is 4.79 Å². The second-order valence-electron chi connectivity index (χ2n) is 7.76. The molecule has 0 aliphatic heterocycles. The van der Waals surface area contributed by atoms with Gasteiger partial charge in [0.25, 0.3) is 11.5 Å². The maximum absolute atomic E-state index is 13.1. The van der Waals surface area contributed by atoms with Crippen molar-refractivity contribution in [2.75, 3.05) is 10.6 Å². The number of amides is 1. The largest absolute Gasteiger partial charge is 0.358 e. The number of hydrogen-bond acceptors (Lipinski definition) is 3. The van der Waals surface area contributed by atoms with Crippen LogP contribution in [0, 0.1) is 6.92 Å². The molecule has 4 aromatic rings. The summed E-state index contributed by atoms with van der Waals surface area (Å²) in [6, 6.07) is 26.2. The third-order valence-corrected chi connectivity index (χ3v) is 5.72. The summed E-state index contributed by atoms with van der Waals surface area (Å²) in [5.41, 5.74) is 3.52. The molecule has 1 amide bonds. The molecule has 1 aromatic heterocycles. The van der Waals surface area contributed by atoms with Crippen molar-refractivity contribution in [2.24, 2.45) is 7.05 Å². The molecule has 3 N–H and O–H groups in total. The molecule has 0 radical (unpaired) electrons. The Morgan fingerprint density at radius 2 is 1.59 bits per heavy atom. The van der Waals surface area contributed by atoms with Crippen molar-refractivity contribution in [1.29, 1.82) is 0 Å². The zero-order valence-corrected chi connectivity index (χ0v) is 19.7. The summed E-state index contributed by atoms with van der Waals surface area (Å²) in [6.45, 7) is 2.39. The fraction of sp³-hybridized carbons (Fsp3) is 0.115. The maximum Gasteiger partial charge on any atom is 0.295 e. The molecule has 3 aromatic carbocycles. The molecule has 0 unspecified atom stereocenters. The van der Waals surface area contributed by atoms with Gasteiger partial charge in [0.2, 0.25) is 0 Å². The molecular formula is C26H25N5O2S. The van der Waals surface area contributed by atoms with Gasteiger partial charge in [-0.25, -0.2) is 4.68 Å². The smallest absolute Gasteiger partial charge is 0.295 e. The Labute approximate surface area is 203 Å². The lowest BCUT2D eigenvalue weighted by atomic mass is 10.2. The maximum atomic E-state index is 13.1. The van der Waals surface area contributed by atoms with Gasteiger partial charge in [0.05, 0.1) is 11.4 Å². The van der Waals surface area contributed by atoms with Gasteiger partial charge in [-0.2, -0.15) is 0 Å². The van der Waals surface area contributed by atoms with E-state index in [0.717, 1.165) is 11.3 Å². The van der Waals surface area contributed by atoms with Crippen LogP contribution in [0.2, 0.25) is 0 Å². The Morgan fingerprint density at radius 3 is 2.29 bits per heavy atom. The minimum Gasteiger partial charge on any atom is -0.358 e. The molecule has 1 heterocycles. The summed E-state index contributed by atoms with van der Waals surface area (Å²) in [5, 5.41) is 9.48. The number of hydrogen-bond donors (Lipinski definition) is 3. The van der Waals surface area contributed by atoms with Gasteiger partial charge in [-0.15, -0.1) is 0 Å². The summed E-state index contributed by atoms with van der Waals surface area (Å²) in [7, 11) is 1.79. The van der Waals surface area contributed by atoms with Crippen molar-refractivity contribution in [3.05, 3.63) is 112 Å². The first-order valence-electron chi connectivity index (χ1n) is 10.8. The normalized spacial score (nSPS) is 10.5. The number of nitrogens with one attached hydrogen (secondary N) is 3. The van der Waals surface area contributed by atoms with E-state index in [4.69, 9.17) is 12.2 Å². The van der Waals surface area contributed by atoms with Crippen LogP contribution >= 0.6 is 12.2 Å². The fourth-order valence-corrected chi connectivity index (χ4v) is 3.78. The van der Waals surface area contributed by atoms with Gasteiger partial charge in [-0.05, 0) is 55.0 Å². The molecule has 0 saturated heterocycles. The molecule has 7 nitrogen and oxygen atoms in total. The number of benzene rings is 3. The van der Waals surface area contributed by atoms with Crippen LogP contribution in [0.3, 0.4) is 0 Å².